The van der Waals surface area contributed by atoms with Gasteiger partial charge in [-0.15, -0.1) is 0 Å². The number of hydrogen-bond acceptors (Lipinski definition) is 2. The zero-order chi connectivity index (χ0) is 12.4. The maximum Gasteiger partial charge on any atom is 0.222 e. The van der Waals surface area contributed by atoms with E-state index in [1.54, 1.807) is 0 Å². The molecule has 0 aromatic heterocycles. The molecule has 1 saturated carbocycles. The van der Waals surface area contributed by atoms with Crippen LogP contribution in [-0.2, 0) is 4.79 Å². The molecule has 0 aromatic carbocycles. The zero-order valence-electron chi connectivity index (χ0n) is 11.4. The van der Waals surface area contributed by atoms with Gasteiger partial charge in [0.2, 0.25) is 5.91 Å². The van der Waals surface area contributed by atoms with Crippen molar-refractivity contribution in [2.24, 2.45) is 17.8 Å². The summed E-state index contributed by atoms with van der Waals surface area (Å²) < 4.78 is 0. The van der Waals surface area contributed by atoms with Gasteiger partial charge in [-0.05, 0) is 62.9 Å². The zero-order valence-corrected chi connectivity index (χ0v) is 11.4. The quantitative estimate of drug-likeness (QED) is 0.831. The summed E-state index contributed by atoms with van der Waals surface area (Å²) >= 11 is 0. The fourth-order valence-electron chi connectivity index (χ4n) is 4.09. The van der Waals surface area contributed by atoms with Crippen molar-refractivity contribution in [3.8, 4) is 0 Å². The monoisotopic (exact) mass is 250 g/mol. The molecule has 3 nitrogen and oxygen atoms in total. The first-order valence-electron chi connectivity index (χ1n) is 7.81. The highest BCUT2D eigenvalue weighted by Gasteiger charge is 2.37. The SMILES string of the molecule is O=C(CCC1CCNCC1)N1CC2CCCC2C1. The molecule has 3 aliphatic rings. The molecule has 3 fully saturated rings. The molecular formula is C15H26N2O. The number of fused-ring (bicyclic) bond motifs is 1. The summed E-state index contributed by atoms with van der Waals surface area (Å²) in [7, 11) is 0. The van der Waals surface area contributed by atoms with Crippen LogP contribution in [0.3, 0.4) is 0 Å². The number of piperidine rings is 1. The third kappa shape index (κ3) is 2.71. The summed E-state index contributed by atoms with van der Waals surface area (Å²) in [5.74, 6) is 2.90. The van der Waals surface area contributed by atoms with Crippen LogP contribution < -0.4 is 5.32 Å². The largest absolute Gasteiger partial charge is 0.342 e. The van der Waals surface area contributed by atoms with Crippen molar-refractivity contribution in [1.29, 1.82) is 0 Å². The molecule has 2 unspecified atom stereocenters. The van der Waals surface area contributed by atoms with E-state index < -0.39 is 0 Å². The number of carbonyl (C=O) groups excluding carboxylic acids is 1. The Hall–Kier alpha value is -0.570. The van der Waals surface area contributed by atoms with Gasteiger partial charge in [-0.2, -0.15) is 0 Å². The number of hydrogen-bond donors (Lipinski definition) is 1. The molecule has 2 atom stereocenters. The van der Waals surface area contributed by atoms with Gasteiger partial charge in [0.15, 0.2) is 0 Å². The molecule has 3 rings (SSSR count). The van der Waals surface area contributed by atoms with E-state index in [0.29, 0.717) is 5.91 Å². The maximum absolute atomic E-state index is 12.2. The molecule has 0 spiro atoms. The minimum Gasteiger partial charge on any atom is -0.342 e. The van der Waals surface area contributed by atoms with Crippen LogP contribution in [0.5, 0.6) is 0 Å². The Morgan fingerprint density at radius 1 is 1.06 bits per heavy atom. The molecule has 1 N–H and O–H groups in total. The highest BCUT2D eigenvalue weighted by Crippen LogP contribution is 2.38. The molecule has 1 aliphatic carbocycles. The van der Waals surface area contributed by atoms with Crippen LogP contribution in [0, 0.1) is 17.8 Å². The second kappa shape index (κ2) is 5.60. The van der Waals surface area contributed by atoms with Crippen LogP contribution in [-0.4, -0.2) is 37.0 Å². The highest BCUT2D eigenvalue weighted by molar-refractivity contribution is 5.76. The van der Waals surface area contributed by atoms with Gasteiger partial charge in [-0.25, -0.2) is 0 Å². The lowest BCUT2D eigenvalue weighted by Crippen LogP contribution is -2.31. The molecule has 1 amide bonds. The molecule has 2 aliphatic heterocycles. The molecule has 0 aromatic rings. The van der Waals surface area contributed by atoms with E-state index in [2.05, 4.69) is 10.2 Å². The summed E-state index contributed by atoms with van der Waals surface area (Å²) in [6.45, 7) is 4.42. The summed E-state index contributed by atoms with van der Waals surface area (Å²) in [5.41, 5.74) is 0. The predicted molar refractivity (Wildman–Crippen MR) is 72.2 cm³/mol. The Labute approximate surface area is 110 Å². The fourth-order valence-corrected chi connectivity index (χ4v) is 4.09. The van der Waals surface area contributed by atoms with Crippen LogP contribution in [0.4, 0.5) is 0 Å². The van der Waals surface area contributed by atoms with Gasteiger partial charge in [0.1, 0.15) is 0 Å². The molecule has 3 heteroatoms. The van der Waals surface area contributed by atoms with Crippen LogP contribution in [0.25, 0.3) is 0 Å². The Balaban J connectivity index is 1.41. The molecule has 2 saturated heterocycles. The van der Waals surface area contributed by atoms with Crippen molar-refractivity contribution in [2.75, 3.05) is 26.2 Å². The number of nitrogens with zero attached hydrogens (tertiary/aromatic N) is 1. The van der Waals surface area contributed by atoms with Crippen molar-refractivity contribution >= 4 is 5.91 Å². The Bertz CT molecular complexity index is 287. The van der Waals surface area contributed by atoms with Gasteiger partial charge in [0, 0.05) is 19.5 Å². The third-order valence-corrected chi connectivity index (χ3v) is 5.30. The smallest absolute Gasteiger partial charge is 0.222 e. The van der Waals surface area contributed by atoms with E-state index in [-0.39, 0.29) is 0 Å². The standard InChI is InChI=1S/C15H26N2O/c18-15(5-4-12-6-8-16-9-7-12)17-10-13-2-1-3-14(13)11-17/h12-14,16H,1-11H2. The summed E-state index contributed by atoms with van der Waals surface area (Å²) in [5, 5.41) is 3.39. The van der Waals surface area contributed by atoms with Crippen molar-refractivity contribution in [2.45, 2.75) is 44.9 Å². The second-order valence-corrected chi connectivity index (χ2v) is 6.48. The lowest BCUT2D eigenvalue weighted by molar-refractivity contribution is -0.130. The van der Waals surface area contributed by atoms with Crippen LogP contribution in [0.2, 0.25) is 0 Å². The summed E-state index contributed by atoms with van der Waals surface area (Å²) in [6.07, 6.45) is 8.56. The molecule has 0 bridgehead atoms. The molecule has 2 heterocycles. The third-order valence-electron chi connectivity index (χ3n) is 5.30. The first-order valence-corrected chi connectivity index (χ1v) is 7.81. The van der Waals surface area contributed by atoms with Gasteiger partial charge < -0.3 is 10.2 Å². The van der Waals surface area contributed by atoms with Crippen LogP contribution in [0.1, 0.15) is 44.9 Å². The Morgan fingerprint density at radius 2 is 1.72 bits per heavy atom. The normalized spacial score (nSPS) is 32.8. The van der Waals surface area contributed by atoms with Gasteiger partial charge in [-0.1, -0.05) is 6.42 Å². The molecule has 0 radical (unpaired) electrons. The van der Waals surface area contributed by atoms with Crippen LogP contribution in [0.15, 0.2) is 0 Å². The van der Waals surface area contributed by atoms with E-state index in [9.17, 15) is 4.79 Å². The number of nitrogens with one attached hydrogen (secondary N) is 1. The number of likely N-dealkylation sites (tertiary alicyclic amines) is 1. The number of amides is 1. The minimum atomic E-state index is 0.433. The van der Waals surface area contributed by atoms with E-state index in [1.807, 2.05) is 0 Å². The Morgan fingerprint density at radius 3 is 2.39 bits per heavy atom. The average Bonchev–Trinajstić information content (AvgIpc) is 2.98. The van der Waals surface area contributed by atoms with Gasteiger partial charge in [0.05, 0.1) is 0 Å². The molecule has 102 valence electrons. The van der Waals surface area contributed by atoms with E-state index in [0.717, 1.165) is 56.8 Å². The molecule has 18 heavy (non-hydrogen) atoms. The van der Waals surface area contributed by atoms with E-state index in [4.69, 9.17) is 0 Å². The van der Waals surface area contributed by atoms with Crippen molar-refractivity contribution in [3.63, 3.8) is 0 Å². The van der Waals surface area contributed by atoms with Gasteiger partial charge in [-0.3, -0.25) is 4.79 Å². The van der Waals surface area contributed by atoms with Crippen molar-refractivity contribution in [1.82, 2.24) is 10.2 Å². The Kier molecular flexibility index (Phi) is 3.88. The topological polar surface area (TPSA) is 32.3 Å². The van der Waals surface area contributed by atoms with Gasteiger partial charge in [0.25, 0.3) is 0 Å². The summed E-state index contributed by atoms with van der Waals surface area (Å²) in [6, 6.07) is 0. The maximum atomic E-state index is 12.2. The first-order chi connectivity index (χ1) is 8.83. The van der Waals surface area contributed by atoms with Crippen molar-refractivity contribution in [3.05, 3.63) is 0 Å². The first kappa shape index (κ1) is 12.5. The second-order valence-electron chi connectivity index (χ2n) is 6.48. The lowest BCUT2D eigenvalue weighted by Gasteiger charge is -2.23. The van der Waals surface area contributed by atoms with E-state index >= 15 is 0 Å². The highest BCUT2D eigenvalue weighted by atomic mass is 16.2. The van der Waals surface area contributed by atoms with Crippen LogP contribution >= 0.6 is 0 Å². The van der Waals surface area contributed by atoms with E-state index in [1.165, 1.54) is 32.1 Å². The summed E-state index contributed by atoms with van der Waals surface area (Å²) in [4.78, 5) is 14.4. The fraction of sp³-hybridized carbons (Fsp3) is 0.933. The number of rotatable bonds is 3. The minimum absolute atomic E-state index is 0.433. The molecular weight excluding hydrogens is 224 g/mol. The van der Waals surface area contributed by atoms with Crippen molar-refractivity contribution < 1.29 is 4.79 Å². The predicted octanol–water partition coefficient (Wildman–Crippen LogP) is 2.02. The average molecular weight is 250 g/mol. The lowest BCUT2D eigenvalue weighted by atomic mass is 9.93. The van der Waals surface area contributed by atoms with Gasteiger partial charge >= 0.3 is 0 Å². The number of carbonyl (C=O) groups is 1.